The summed E-state index contributed by atoms with van der Waals surface area (Å²) in [5, 5.41) is 8.94. The quantitative estimate of drug-likeness (QED) is 0.612. The fourth-order valence-electron chi connectivity index (χ4n) is 0.975. The standard InChI is InChI=1S/C9H14O2/c1-7(2)3-4-8-5-6-9(10)11-8/h3,5-6,8-10H,4H2,1-2H3. The summed E-state index contributed by atoms with van der Waals surface area (Å²) in [7, 11) is 0. The molecule has 0 aromatic carbocycles. The van der Waals surface area contributed by atoms with Crippen molar-refractivity contribution in [3.8, 4) is 0 Å². The van der Waals surface area contributed by atoms with Crippen molar-refractivity contribution in [2.75, 3.05) is 0 Å². The molecule has 0 aromatic heterocycles. The fourth-order valence-corrected chi connectivity index (χ4v) is 0.975. The maximum absolute atomic E-state index is 8.94. The maximum atomic E-state index is 8.94. The molecule has 0 radical (unpaired) electrons. The Morgan fingerprint density at radius 3 is 2.73 bits per heavy atom. The second-order valence-electron chi connectivity index (χ2n) is 2.97. The van der Waals surface area contributed by atoms with E-state index in [1.54, 1.807) is 6.08 Å². The van der Waals surface area contributed by atoms with Crippen molar-refractivity contribution in [2.45, 2.75) is 32.7 Å². The van der Waals surface area contributed by atoms with Crippen LogP contribution in [0.4, 0.5) is 0 Å². The van der Waals surface area contributed by atoms with E-state index < -0.39 is 6.29 Å². The van der Waals surface area contributed by atoms with Gasteiger partial charge in [0.1, 0.15) is 0 Å². The van der Waals surface area contributed by atoms with Gasteiger partial charge in [0.05, 0.1) is 6.10 Å². The van der Waals surface area contributed by atoms with Crippen molar-refractivity contribution < 1.29 is 9.84 Å². The molecule has 2 heteroatoms. The Bertz CT molecular complexity index is 178. The first-order chi connectivity index (χ1) is 5.18. The lowest BCUT2D eigenvalue weighted by Gasteiger charge is -2.07. The van der Waals surface area contributed by atoms with Crippen molar-refractivity contribution >= 4 is 0 Å². The van der Waals surface area contributed by atoms with Crippen LogP contribution >= 0.6 is 0 Å². The van der Waals surface area contributed by atoms with Crippen molar-refractivity contribution in [2.24, 2.45) is 0 Å². The Kier molecular flexibility index (Phi) is 2.85. The Hall–Kier alpha value is -0.600. The average Bonchev–Trinajstić information content (AvgIpc) is 2.31. The predicted octanol–water partition coefficient (Wildman–Crippen LogP) is 1.62. The molecule has 1 rings (SSSR count). The second-order valence-corrected chi connectivity index (χ2v) is 2.97. The van der Waals surface area contributed by atoms with Crippen LogP contribution in [-0.4, -0.2) is 17.5 Å². The lowest BCUT2D eigenvalue weighted by Crippen LogP contribution is -2.10. The van der Waals surface area contributed by atoms with E-state index in [2.05, 4.69) is 19.9 Å². The largest absolute Gasteiger partial charge is 0.365 e. The zero-order valence-corrected chi connectivity index (χ0v) is 6.95. The van der Waals surface area contributed by atoms with E-state index in [9.17, 15) is 0 Å². The second kappa shape index (κ2) is 3.69. The first-order valence-electron chi connectivity index (χ1n) is 3.83. The summed E-state index contributed by atoms with van der Waals surface area (Å²) in [6.07, 6.45) is 5.90. The number of hydrogen-bond donors (Lipinski definition) is 1. The Morgan fingerprint density at radius 2 is 2.27 bits per heavy atom. The van der Waals surface area contributed by atoms with E-state index in [1.165, 1.54) is 5.57 Å². The van der Waals surface area contributed by atoms with Crippen LogP contribution in [0.5, 0.6) is 0 Å². The minimum Gasteiger partial charge on any atom is -0.365 e. The van der Waals surface area contributed by atoms with Gasteiger partial charge in [0.15, 0.2) is 6.29 Å². The highest BCUT2D eigenvalue weighted by Gasteiger charge is 2.14. The summed E-state index contributed by atoms with van der Waals surface area (Å²) in [4.78, 5) is 0. The monoisotopic (exact) mass is 154 g/mol. The van der Waals surface area contributed by atoms with Crippen molar-refractivity contribution in [1.29, 1.82) is 0 Å². The molecule has 62 valence electrons. The highest BCUT2D eigenvalue weighted by molar-refractivity contribution is 5.03. The molecule has 0 aliphatic carbocycles. The predicted molar refractivity (Wildman–Crippen MR) is 44.1 cm³/mol. The van der Waals surface area contributed by atoms with Gasteiger partial charge in [-0.25, -0.2) is 0 Å². The summed E-state index contributed by atoms with van der Waals surface area (Å²) in [5.41, 5.74) is 1.28. The van der Waals surface area contributed by atoms with Crippen LogP contribution < -0.4 is 0 Å². The number of rotatable bonds is 2. The average molecular weight is 154 g/mol. The molecule has 0 fully saturated rings. The van der Waals surface area contributed by atoms with Crippen molar-refractivity contribution in [3.63, 3.8) is 0 Å². The molecule has 0 amide bonds. The van der Waals surface area contributed by atoms with Gasteiger partial charge in [0.2, 0.25) is 0 Å². The van der Waals surface area contributed by atoms with Crippen molar-refractivity contribution in [3.05, 3.63) is 23.8 Å². The highest BCUT2D eigenvalue weighted by Crippen LogP contribution is 2.13. The molecule has 2 unspecified atom stereocenters. The van der Waals surface area contributed by atoms with E-state index in [4.69, 9.17) is 9.84 Å². The first kappa shape index (κ1) is 8.50. The van der Waals surface area contributed by atoms with Gasteiger partial charge in [-0.2, -0.15) is 0 Å². The van der Waals surface area contributed by atoms with Crippen LogP contribution in [0.25, 0.3) is 0 Å². The van der Waals surface area contributed by atoms with Crippen LogP contribution in [0.3, 0.4) is 0 Å². The molecule has 0 aromatic rings. The first-order valence-corrected chi connectivity index (χ1v) is 3.83. The van der Waals surface area contributed by atoms with Gasteiger partial charge in [-0.15, -0.1) is 0 Å². The zero-order chi connectivity index (χ0) is 8.27. The van der Waals surface area contributed by atoms with Crippen LogP contribution in [0, 0.1) is 0 Å². The normalized spacial score (nSPS) is 29.0. The van der Waals surface area contributed by atoms with E-state index in [0.29, 0.717) is 0 Å². The van der Waals surface area contributed by atoms with Gasteiger partial charge >= 0.3 is 0 Å². The van der Waals surface area contributed by atoms with E-state index in [1.807, 2.05) is 6.08 Å². The smallest absolute Gasteiger partial charge is 0.174 e. The molecule has 1 aliphatic heterocycles. The van der Waals surface area contributed by atoms with E-state index in [-0.39, 0.29) is 6.10 Å². The molecule has 2 atom stereocenters. The number of allylic oxidation sites excluding steroid dienone is 1. The number of ether oxygens (including phenoxy) is 1. The lowest BCUT2D eigenvalue weighted by molar-refractivity contribution is -0.0721. The van der Waals surface area contributed by atoms with E-state index >= 15 is 0 Å². The molecule has 2 nitrogen and oxygen atoms in total. The number of hydrogen-bond acceptors (Lipinski definition) is 2. The maximum Gasteiger partial charge on any atom is 0.174 e. The minimum atomic E-state index is -0.689. The van der Waals surface area contributed by atoms with Gasteiger partial charge in [-0.05, 0) is 26.3 Å². The van der Waals surface area contributed by atoms with Crippen LogP contribution in [0.15, 0.2) is 23.8 Å². The number of aliphatic hydroxyl groups is 1. The van der Waals surface area contributed by atoms with Crippen LogP contribution in [0.2, 0.25) is 0 Å². The molecule has 0 spiro atoms. The SMILES string of the molecule is CC(C)=CCC1C=CC(O)O1. The lowest BCUT2D eigenvalue weighted by atomic mass is 10.2. The van der Waals surface area contributed by atoms with Gasteiger partial charge in [0, 0.05) is 0 Å². The Morgan fingerprint density at radius 1 is 1.55 bits per heavy atom. The third-order valence-corrected chi connectivity index (χ3v) is 1.56. The third-order valence-electron chi connectivity index (χ3n) is 1.56. The van der Waals surface area contributed by atoms with Gasteiger partial charge < -0.3 is 9.84 Å². The topological polar surface area (TPSA) is 29.5 Å². The third kappa shape index (κ3) is 2.87. The summed E-state index contributed by atoms with van der Waals surface area (Å²) >= 11 is 0. The molecule has 0 bridgehead atoms. The summed E-state index contributed by atoms with van der Waals surface area (Å²) in [6.45, 7) is 4.10. The fraction of sp³-hybridized carbons (Fsp3) is 0.556. The molecular weight excluding hydrogens is 140 g/mol. The molecule has 1 heterocycles. The Balaban J connectivity index is 2.30. The van der Waals surface area contributed by atoms with Crippen LogP contribution in [0.1, 0.15) is 20.3 Å². The van der Waals surface area contributed by atoms with Gasteiger partial charge in [-0.1, -0.05) is 17.7 Å². The molecular formula is C9H14O2. The van der Waals surface area contributed by atoms with Crippen molar-refractivity contribution in [1.82, 2.24) is 0 Å². The molecule has 11 heavy (non-hydrogen) atoms. The van der Waals surface area contributed by atoms with Crippen LogP contribution in [-0.2, 0) is 4.74 Å². The molecule has 0 saturated heterocycles. The zero-order valence-electron chi connectivity index (χ0n) is 6.95. The number of aliphatic hydroxyl groups excluding tert-OH is 1. The van der Waals surface area contributed by atoms with Gasteiger partial charge in [0.25, 0.3) is 0 Å². The summed E-state index contributed by atoms with van der Waals surface area (Å²) in [6, 6.07) is 0. The molecule has 1 aliphatic rings. The summed E-state index contributed by atoms with van der Waals surface area (Å²) in [5.74, 6) is 0. The molecule has 1 N–H and O–H groups in total. The molecule has 0 saturated carbocycles. The Labute approximate surface area is 67.2 Å². The minimum absolute atomic E-state index is 0.0694. The van der Waals surface area contributed by atoms with Gasteiger partial charge in [-0.3, -0.25) is 0 Å². The summed E-state index contributed by atoms with van der Waals surface area (Å²) < 4.78 is 5.11. The van der Waals surface area contributed by atoms with E-state index in [0.717, 1.165) is 6.42 Å². The highest BCUT2D eigenvalue weighted by atomic mass is 16.6.